The van der Waals surface area contributed by atoms with Crippen molar-refractivity contribution < 1.29 is 9.47 Å². The highest BCUT2D eigenvalue weighted by molar-refractivity contribution is 5.01. The van der Waals surface area contributed by atoms with Crippen molar-refractivity contribution in [3.63, 3.8) is 0 Å². The first-order chi connectivity index (χ1) is 9.92. The first-order valence-corrected chi connectivity index (χ1v) is 8.82. The summed E-state index contributed by atoms with van der Waals surface area (Å²) in [7, 11) is 0. The van der Waals surface area contributed by atoms with Crippen molar-refractivity contribution in [1.82, 2.24) is 0 Å². The van der Waals surface area contributed by atoms with Crippen molar-refractivity contribution in [1.29, 1.82) is 0 Å². The van der Waals surface area contributed by atoms with Crippen LogP contribution in [0, 0.1) is 28.6 Å². The van der Waals surface area contributed by atoms with Crippen LogP contribution in [-0.2, 0) is 9.47 Å². The molecule has 120 valence electrons. The molecule has 2 heteroatoms. The second kappa shape index (κ2) is 5.61. The van der Waals surface area contributed by atoms with Gasteiger partial charge in [0, 0.05) is 5.41 Å². The molecule has 0 heterocycles. The van der Waals surface area contributed by atoms with Gasteiger partial charge in [0.2, 0.25) is 0 Å². The SMILES string of the molecule is C=C(OCOCC12CC3CC(CC(C3)C1)C2)C(C)(C)CC. The van der Waals surface area contributed by atoms with Crippen LogP contribution in [0.3, 0.4) is 0 Å². The van der Waals surface area contributed by atoms with Crippen molar-refractivity contribution in [2.24, 2.45) is 28.6 Å². The standard InChI is InChI=1S/C19H32O2/c1-5-18(3,4)14(2)21-13-20-12-19-9-15-6-16(10-19)8-17(7-15)11-19/h15-17H,2,5-13H2,1,3-4H3. The lowest BCUT2D eigenvalue weighted by molar-refractivity contribution is -0.129. The van der Waals surface area contributed by atoms with E-state index >= 15 is 0 Å². The summed E-state index contributed by atoms with van der Waals surface area (Å²) in [5.74, 6) is 3.84. The Morgan fingerprint density at radius 2 is 1.62 bits per heavy atom. The van der Waals surface area contributed by atoms with Gasteiger partial charge in [0.15, 0.2) is 6.79 Å². The highest BCUT2D eigenvalue weighted by atomic mass is 16.7. The van der Waals surface area contributed by atoms with E-state index in [-0.39, 0.29) is 5.41 Å². The zero-order valence-electron chi connectivity index (χ0n) is 14.1. The Morgan fingerprint density at radius 3 is 2.10 bits per heavy atom. The minimum absolute atomic E-state index is 0.0457. The van der Waals surface area contributed by atoms with Gasteiger partial charge in [-0.3, -0.25) is 0 Å². The van der Waals surface area contributed by atoms with Gasteiger partial charge in [-0.25, -0.2) is 0 Å². The molecule has 0 aliphatic heterocycles. The molecule has 4 saturated carbocycles. The summed E-state index contributed by atoms with van der Waals surface area (Å²) in [5, 5.41) is 0. The second-order valence-electron chi connectivity index (χ2n) is 8.69. The Morgan fingerprint density at radius 1 is 1.10 bits per heavy atom. The minimum atomic E-state index is 0.0457. The van der Waals surface area contributed by atoms with Crippen molar-refractivity contribution in [3.8, 4) is 0 Å². The normalized spacial score (nSPS) is 37.8. The molecule has 4 aliphatic carbocycles. The fourth-order valence-corrected chi connectivity index (χ4v) is 5.23. The first-order valence-electron chi connectivity index (χ1n) is 8.82. The third kappa shape index (κ3) is 3.16. The van der Waals surface area contributed by atoms with E-state index in [1.807, 2.05) is 0 Å². The van der Waals surface area contributed by atoms with Gasteiger partial charge in [0.25, 0.3) is 0 Å². The number of rotatable bonds is 7. The second-order valence-corrected chi connectivity index (χ2v) is 8.69. The van der Waals surface area contributed by atoms with Crippen molar-refractivity contribution in [3.05, 3.63) is 12.3 Å². The molecule has 21 heavy (non-hydrogen) atoms. The van der Waals surface area contributed by atoms with Crippen LogP contribution >= 0.6 is 0 Å². The molecule has 0 aromatic carbocycles. The average molecular weight is 292 g/mol. The maximum absolute atomic E-state index is 5.95. The lowest BCUT2D eigenvalue weighted by Crippen LogP contribution is -2.48. The minimum Gasteiger partial charge on any atom is -0.472 e. The Bertz CT molecular complexity index is 361. The molecule has 0 spiro atoms. The molecule has 0 unspecified atom stereocenters. The molecule has 4 fully saturated rings. The summed E-state index contributed by atoms with van der Waals surface area (Å²) in [6.07, 6.45) is 9.74. The lowest BCUT2D eigenvalue weighted by atomic mass is 9.50. The van der Waals surface area contributed by atoms with Gasteiger partial charge < -0.3 is 9.47 Å². The topological polar surface area (TPSA) is 18.5 Å². The maximum Gasteiger partial charge on any atom is 0.188 e. The predicted molar refractivity (Wildman–Crippen MR) is 85.7 cm³/mol. The molecule has 0 aromatic rings. The quantitative estimate of drug-likeness (QED) is 0.367. The van der Waals surface area contributed by atoms with Crippen LogP contribution in [-0.4, -0.2) is 13.4 Å². The van der Waals surface area contributed by atoms with Crippen LogP contribution in [0.1, 0.15) is 65.7 Å². The van der Waals surface area contributed by atoms with E-state index in [9.17, 15) is 0 Å². The Balaban J connectivity index is 1.45. The van der Waals surface area contributed by atoms with Crippen LogP contribution in [0.5, 0.6) is 0 Å². The van der Waals surface area contributed by atoms with Crippen LogP contribution in [0.2, 0.25) is 0 Å². The zero-order chi connectivity index (χ0) is 15.1. The fraction of sp³-hybridized carbons (Fsp3) is 0.895. The van der Waals surface area contributed by atoms with Gasteiger partial charge in [-0.05, 0) is 68.1 Å². The third-order valence-corrected chi connectivity index (χ3v) is 6.53. The molecule has 0 atom stereocenters. The van der Waals surface area contributed by atoms with Gasteiger partial charge in [-0.1, -0.05) is 27.4 Å². The largest absolute Gasteiger partial charge is 0.472 e. The van der Waals surface area contributed by atoms with Gasteiger partial charge in [-0.15, -0.1) is 0 Å². The van der Waals surface area contributed by atoms with E-state index in [4.69, 9.17) is 9.47 Å². The number of hydrogen-bond acceptors (Lipinski definition) is 2. The molecule has 4 bridgehead atoms. The number of hydrogen-bond donors (Lipinski definition) is 0. The fourth-order valence-electron chi connectivity index (χ4n) is 5.23. The molecular weight excluding hydrogens is 260 g/mol. The number of ether oxygens (including phenoxy) is 2. The lowest BCUT2D eigenvalue weighted by Gasteiger charge is -2.56. The van der Waals surface area contributed by atoms with E-state index in [0.717, 1.165) is 36.5 Å². The van der Waals surface area contributed by atoms with Crippen LogP contribution in [0.25, 0.3) is 0 Å². The smallest absolute Gasteiger partial charge is 0.188 e. The van der Waals surface area contributed by atoms with Gasteiger partial charge in [-0.2, -0.15) is 0 Å². The molecule has 0 aromatic heterocycles. The monoisotopic (exact) mass is 292 g/mol. The summed E-state index contributed by atoms with van der Waals surface area (Å²) >= 11 is 0. The highest BCUT2D eigenvalue weighted by Gasteiger charge is 2.50. The average Bonchev–Trinajstić information content (AvgIpc) is 2.41. The number of allylic oxidation sites excluding steroid dienone is 1. The molecule has 4 aliphatic rings. The van der Waals surface area contributed by atoms with E-state index in [1.54, 1.807) is 0 Å². The summed E-state index contributed by atoms with van der Waals surface area (Å²) in [4.78, 5) is 0. The Kier molecular flexibility index (Phi) is 4.11. The van der Waals surface area contributed by atoms with Gasteiger partial charge >= 0.3 is 0 Å². The first kappa shape index (κ1) is 15.4. The van der Waals surface area contributed by atoms with Crippen molar-refractivity contribution in [2.45, 2.75) is 65.7 Å². The molecule has 0 N–H and O–H groups in total. The van der Waals surface area contributed by atoms with Crippen molar-refractivity contribution >= 4 is 0 Å². The molecule has 2 nitrogen and oxygen atoms in total. The molecule has 4 rings (SSSR count). The van der Waals surface area contributed by atoms with E-state index < -0.39 is 0 Å². The Labute approximate surface area is 130 Å². The summed E-state index contributed by atoms with van der Waals surface area (Å²) in [6.45, 7) is 11.9. The zero-order valence-corrected chi connectivity index (χ0v) is 14.1. The summed E-state index contributed by atoms with van der Waals surface area (Å²) < 4.78 is 11.7. The van der Waals surface area contributed by atoms with Gasteiger partial charge in [0.1, 0.15) is 0 Å². The molecule has 0 saturated heterocycles. The van der Waals surface area contributed by atoms with E-state index in [2.05, 4.69) is 27.4 Å². The van der Waals surface area contributed by atoms with Gasteiger partial charge in [0.05, 0.1) is 12.4 Å². The maximum atomic E-state index is 5.95. The summed E-state index contributed by atoms with van der Waals surface area (Å²) in [6, 6.07) is 0. The predicted octanol–water partition coefficient (Wildman–Crippen LogP) is 5.14. The van der Waals surface area contributed by atoms with E-state index in [0.29, 0.717) is 12.2 Å². The Hall–Kier alpha value is -0.500. The molecule has 0 amide bonds. The van der Waals surface area contributed by atoms with Crippen LogP contribution in [0.15, 0.2) is 12.3 Å². The summed E-state index contributed by atoms with van der Waals surface area (Å²) in [5.41, 5.74) is 0.532. The third-order valence-electron chi connectivity index (χ3n) is 6.53. The van der Waals surface area contributed by atoms with Crippen molar-refractivity contribution in [2.75, 3.05) is 13.4 Å². The van der Waals surface area contributed by atoms with Crippen LogP contribution in [0.4, 0.5) is 0 Å². The highest BCUT2D eigenvalue weighted by Crippen LogP contribution is 2.60. The molecular formula is C19H32O2. The van der Waals surface area contributed by atoms with Crippen LogP contribution < -0.4 is 0 Å². The molecule has 0 radical (unpaired) electrons. The van der Waals surface area contributed by atoms with E-state index in [1.165, 1.54) is 38.5 Å².